The van der Waals surface area contributed by atoms with Crippen LogP contribution in [0.1, 0.15) is 30.7 Å². The van der Waals surface area contributed by atoms with E-state index >= 15 is 0 Å². The van der Waals surface area contributed by atoms with Crippen molar-refractivity contribution in [1.82, 2.24) is 28.8 Å². The quantitative estimate of drug-likeness (QED) is 0.485. The Bertz CT molecular complexity index is 1620. The summed E-state index contributed by atoms with van der Waals surface area (Å²) in [7, 11) is -4.06. The number of nitrogens with zero attached hydrogens (tertiary/aromatic N) is 7. The van der Waals surface area contributed by atoms with Crippen LogP contribution in [-0.2, 0) is 16.2 Å². The van der Waals surface area contributed by atoms with Crippen molar-refractivity contribution in [1.29, 1.82) is 5.26 Å². The number of likely N-dealkylation sites (tertiary alicyclic amines) is 1. The van der Waals surface area contributed by atoms with E-state index < -0.39 is 40.0 Å². The minimum absolute atomic E-state index is 0.0236. The Kier molecular flexibility index (Phi) is 5.88. The predicted molar refractivity (Wildman–Crippen MR) is 131 cm³/mol. The molecule has 0 spiro atoms. The summed E-state index contributed by atoms with van der Waals surface area (Å²) in [6.07, 6.45) is -2.08. The van der Waals surface area contributed by atoms with Crippen LogP contribution in [0.2, 0.25) is 0 Å². The lowest BCUT2D eigenvalue weighted by Crippen LogP contribution is -2.51. The van der Waals surface area contributed by atoms with Gasteiger partial charge in [0, 0.05) is 30.6 Å². The van der Waals surface area contributed by atoms with E-state index in [1.807, 2.05) is 0 Å². The zero-order valence-corrected chi connectivity index (χ0v) is 21.6. The number of nitrogen functional groups attached to an aromatic ring is 1. The Balaban J connectivity index is 1.33. The molecule has 39 heavy (non-hydrogen) atoms. The highest BCUT2D eigenvalue weighted by atomic mass is 32.2. The lowest BCUT2D eigenvalue weighted by Gasteiger charge is -2.36. The first-order chi connectivity index (χ1) is 18.4. The van der Waals surface area contributed by atoms with E-state index in [1.165, 1.54) is 22.6 Å². The molecule has 206 valence electrons. The van der Waals surface area contributed by atoms with Crippen molar-refractivity contribution in [3.05, 3.63) is 35.8 Å². The predicted octanol–water partition coefficient (Wildman–Crippen LogP) is 1.81. The van der Waals surface area contributed by atoms with E-state index in [0.29, 0.717) is 24.1 Å². The van der Waals surface area contributed by atoms with Gasteiger partial charge in [-0.2, -0.15) is 22.7 Å². The van der Waals surface area contributed by atoms with Gasteiger partial charge in [0.1, 0.15) is 0 Å². The maximum Gasteiger partial charge on any atom is 0.453 e. The summed E-state index contributed by atoms with van der Waals surface area (Å²) in [6.45, 7) is 2.17. The number of aryl methyl sites for hydroxylation is 1. The number of fused-ring (bicyclic) bond motifs is 3. The lowest BCUT2D eigenvalue weighted by molar-refractivity contribution is -0.145. The van der Waals surface area contributed by atoms with Gasteiger partial charge in [0.25, 0.3) is 5.82 Å². The number of hydrogen-bond donors (Lipinski definition) is 2. The molecular weight excluding hydrogens is 537 g/mol. The van der Waals surface area contributed by atoms with Crippen LogP contribution < -0.4 is 5.73 Å². The molecule has 0 amide bonds. The lowest BCUT2D eigenvalue weighted by atomic mass is 10.1. The van der Waals surface area contributed by atoms with Crippen molar-refractivity contribution in [2.75, 3.05) is 18.8 Å². The van der Waals surface area contributed by atoms with Crippen LogP contribution in [0.4, 0.5) is 19.0 Å². The number of benzene rings is 1. The van der Waals surface area contributed by atoms with Gasteiger partial charge in [0.15, 0.2) is 11.5 Å². The van der Waals surface area contributed by atoms with Gasteiger partial charge in [-0.05, 0) is 43.9 Å². The SMILES string of the molecule is Cc1ccc(S(=O)(=O)N2CC3C(O)C2CN3C2CCC(C#N)C2)cc1-c1cnc2c(N)nc(C(F)(F)F)nn12. The highest BCUT2D eigenvalue weighted by Crippen LogP contribution is 2.41. The number of rotatable bonds is 4. The van der Waals surface area contributed by atoms with Crippen molar-refractivity contribution in [2.24, 2.45) is 5.92 Å². The fourth-order valence-corrected chi connectivity index (χ4v) is 7.83. The molecule has 3 aromatic rings. The van der Waals surface area contributed by atoms with Gasteiger partial charge in [-0.25, -0.2) is 22.9 Å². The number of sulfonamides is 1. The molecule has 1 aromatic carbocycles. The van der Waals surface area contributed by atoms with Crippen molar-refractivity contribution in [2.45, 2.75) is 61.5 Å². The monoisotopic (exact) mass is 562 g/mol. The van der Waals surface area contributed by atoms with E-state index in [0.717, 1.165) is 17.4 Å². The van der Waals surface area contributed by atoms with Crippen LogP contribution in [0.15, 0.2) is 29.3 Å². The molecule has 15 heteroatoms. The Labute approximate surface area is 221 Å². The molecule has 2 aromatic heterocycles. The van der Waals surface area contributed by atoms with Crippen molar-refractivity contribution in [3.63, 3.8) is 0 Å². The standard InChI is InChI=1S/C24H25F3N8O3S/c1-12-2-5-15(7-16(12)17-9-30-22-21(29)31-23(24(25,26)27)32-35(17)22)39(37,38)34-11-18-20(36)19(34)10-33(18)14-4-3-13(6-14)8-28/h2,5,7,9,13-14,18-20,36H,3-4,6,10-11H2,1H3,(H2,29,31,32). The minimum Gasteiger partial charge on any atom is -0.390 e. The van der Waals surface area contributed by atoms with Gasteiger partial charge in [-0.1, -0.05) is 6.07 Å². The van der Waals surface area contributed by atoms with E-state index in [9.17, 15) is 32.0 Å². The summed E-state index contributed by atoms with van der Waals surface area (Å²) in [6, 6.07) is 5.82. The maximum atomic E-state index is 13.8. The number of alkyl halides is 3. The Hall–Kier alpha value is -3.32. The van der Waals surface area contributed by atoms with E-state index in [-0.39, 0.29) is 40.8 Å². The molecule has 2 aliphatic heterocycles. The molecule has 4 heterocycles. The molecule has 11 nitrogen and oxygen atoms in total. The summed E-state index contributed by atoms with van der Waals surface area (Å²) < 4.78 is 69.8. The molecule has 5 unspecified atom stereocenters. The number of aliphatic hydroxyl groups is 1. The topological polar surface area (TPSA) is 154 Å². The summed E-state index contributed by atoms with van der Waals surface area (Å²) in [5.74, 6) is -1.92. The zero-order valence-electron chi connectivity index (χ0n) is 20.7. The molecule has 2 saturated heterocycles. The smallest absolute Gasteiger partial charge is 0.390 e. The van der Waals surface area contributed by atoms with Gasteiger partial charge >= 0.3 is 6.18 Å². The average Bonchev–Trinajstić information content (AvgIpc) is 3.66. The molecular formula is C24H25F3N8O3S. The summed E-state index contributed by atoms with van der Waals surface area (Å²) in [5.41, 5.74) is 6.65. The average molecular weight is 563 g/mol. The van der Waals surface area contributed by atoms with Gasteiger partial charge in [0.05, 0.1) is 41.0 Å². The van der Waals surface area contributed by atoms with Gasteiger partial charge < -0.3 is 10.8 Å². The van der Waals surface area contributed by atoms with Gasteiger partial charge in [-0.15, -0.1) is 5.10 Å². The van der Waals surface area contributed by atoms with Crippen LogP contribution in [0.25, 0.3) is 16.9 Å². The van der Waals surface area contributed by atoms with Gasteiger partial charge in [-0.3, -0.25) is 4.90 Å². The Morgan fingerprint density at radius 3 is 2.62 bits per heavy atom. The zero-order chi connectivity index (χ0) is 27.9. The number of anilines is 1. The number of halogens is 3. The molecule has 1 aliphatic carbocycles. The number of imidazole rings is 1. The van der Waals surface area contributed by atoms with E-state index in [2.05, 4.69) is 26.0 Å². The minimum atomic E-state index is -4.85. The molecule has 2 bridgehead atoms. The van der Waals surface area contributed by atoms with Crippen molar-refractivity contribution in [3.8, 4) is 17.3 Å². The van der Waals surface area contributed by atoms with Crippen molar-refractivity contribution >= 4 is 21.5 Å². The molecule has 0 radical (unpaired) electrons. The van der Waals surface area contributed by atoms with Crippen molar-refractivity contribution < 1.29 is 26.7 Å². The second-order valence-corrected chi connectivity index (χ2v) is 12.3. The fraction of sp³-hybridized carbons (Fsp3) is 0.500. The summed E-state index contributed by atoms with van der Waals surface area (Å²) in [4.78, 5) is 9.43. The first-order valence-electron chi connectivity index (χ1n) is 12.4. The third kappa shape index (κ3) is 4.05. The molecule has 3 aliphatic rings. The molecule has 6 rings (SSSR count). The molecule has 5 atom stereocenters. The number of aromatic nitrogens is 4. The number of hydrogen-bond acceptors (Lipinski definition) is 9. The summed E-state index contributed by atoms with van der Waals surface area (Å²) >= 11 is 0. The fourth-order valence-electron chi connectivity index (χ4n) is 6.16. The van der Waals surface area contributed by atoms with Crippen LogP contribution >= 0.6 is 0 Å². The first-order valence-corrected chi connectivity index (χ1v) is 13.9. The number of nitrogens with two attached hydrogens (primary N) is 1. The Morgan fingerprint density at radius 1 is 1.21 bits per heavy atom. The number of aliphatic hydroxyl groups excluding tert-OH is 1. The second-order valence-electron chi connectivity index (χ2n) is 10.4. The van der Waals surface area contributed by atoms with Crippen LogP contribution in [-0.4, -0.2) is 79.6 Å². The highest BCUT2D eigenvalue weighted by Gasteiger charge is 2.56. The Morgan fingerprint density at radius 2 is 1.97 bits per heavy atom. The largest absolute Gasteiger partial charge is 0.453 e. The molecule has 3 N–H and O–H groups in total. The number of piperazine rings is 1. The van der Waals surface area contributed by atoms with Crippen LogP contribution in [0.5, 0.6) is 0 Å². The van der Waals surface area contributed by atoms with Crippen LogP contribution in [0, 0.1) is 24.2 Å². The van der Waals surface area contributed by atoms with Gasteiger partial charge in [0.2, 0.25) is 10.0 Å². The first kappa shape index (κ1) is 25.9. The normalized spacial score (nSPS) is 27.9. The summed E-state index contributed by atoms with van der Waals surface area (Å²) in [5, 5.41) is 23.7. The third-order valence-corrected chi connectivity index (χ3v) is 10.0. The number of nitriles is 1. The molecule has 3 fully saturated rings. The second kappa shape index (κ2) is 8.85. The van der Waals surface area contributed by atoms with E-state index in [4.69, 9.17) is 5.73 Å². The highest BCUT2D eigenvalue weighted by molar-refractivity contribution is 7.89. The van der Waals surface area contributed by atoms with Crippen LogP contribution in [0.3, 0.4) is 0 Å². The maximum absolute atomic E-state index is 13.8. The van der Waals surface area contributed by atoms with E-state index in [1.54, 1.807) is 13.0 Å². The third-order valence-electron chi connectivity index (χ3n) is 8.14. The molecule has 1 saturated carbocycles.